The molecule has 4 rings (SSSR count). The first-order chi connectivity index (χ1) is 19.0. The zero-order chi connectivity index (χ0) is 27.5. The van der Waals surface area contributed by atoms with Crippen molar-refractivity contribution in [2.24, 2.45) is 16.8 Å². The van der Waals surface area contributed by atoms with E-state index in [0.717, 1.165) is 58.0 Å². The number of hydrogen-bond acceptors (Lipinski definition) is 7. The number of rotatable bonds is 7. The van der Waals surface area contributed by atoms with Crippen molar-refractivity contribution >= 4 is 18.0 Å². The Morgan fingerprint density at radius 2 is 1.67 bits per heavy atom. The van der Waals surface area contributed by atoms with Gasteiger partial charge in [0.25, 0.3) is 0 Å². The number of amides is 2. The monoisotopic (exact) mass is 544 g/mol. The highest BCUT2D eigenvalue weighted by atomic mass is 16.5. The third-order valence-corrected chi connectivity index (χ3v) is 8.96. The highest BCUT2D eigenvalue weighted by Gasteiger charge is 2.37. The molecule has 2 amide bonds. The molecule has 4 aliphatic rings. The summed E-state index contributed by atoms with van der Waals surface area (Å²) >= 11 is 0. The van der Waals surface area contributed by atoms with Gasteiger partial charge in [-0.3, -0.25) is 10.1 Å². The SMILES string of the molecule is CN1CCC(COC(=O)NC(=NC(CC2CCCCC2)C(=O)NC2(C#N)CCCCC2)N2CCOCC2)CC1. The molecule has 0 spiro atoms. The number of ether oxygens (including phenoxy) is 2. The molecule has 2 saturated heterocycles. The largest absolute Gasteiger partial charge is 0.449 e. The van der Waals surface area contributed by atoms with E-state index in [0.29, 0.717) is 70.0 Å². The normalized spacial score (nSPS) is 24.4. The van der Waals surface area contributed by atoms with Crippen LogP contribution in [0.25, 0.3) is 0 Å². The number of guanidine groups is 1. The van der Waals surface area contributed by atoms with E-state index in [-0.39, 0.29) is 5.91 Å². The van der Waals surface area contributed by atoms with Crippen LogP contribution in [0.2, 0.25) is 0 Å². The summed E-state index contributed by atoms with van der Waals surface area (Å²) in [5, 5.41) is 16.0. The molecule has 10 heteroatoms. The average molecular weight is 545 g/mol. The molecule has 218 valence electrons. The van der Waals surface area contributed by atoms with Crippen LogP contribution < -0.4 is 10.6 Å². The van der Waals surface area contributed by atoms with Crippen LogP contribution in [0.4, 0.5) is 4.79 Å². The number of morpholine rings is 1. The van der Waals surface area contributed by atoms with Crippen LogP contribution >= 0.6 is 0 Å². The lowest BCUT2D eigenvalue weighted by atomic mass is 9.81. The van der Waals surface area contributed by atoms with Crippen LogP contribution in [0.15, 0.2) is 4.99 Å². The number of nitriles is 1. The average Bonchev–Trinajstić information content (AvgIpc) is 2.97. The van der Waals surface area contributed by atoms with E-state index in [4.69, 9.17) is 14.5 Å². The van der Waals surface area contributed by atoms with Crippen molar-refractivity contribution in [3.63, 3.8) is 0 Å². The topological polar surface area (TPSA) is 119 Å². The maximum atomic E-state index is 13.8. The Balaban J connectivity index is 1.49. The molecule has 0 aromatic heterocycles. The fraction of sp³-hybridized carbons (Fsp3) is 0.862. The van der Waals surface area contributed by atoms with Gasteiger partial charge in [0.2, 0.25) is 11.9 Å². The number of piperidine rings is 1. The molecule has 2 N–H and O–H groups in total. The zero-order valence-electron chi connectivity index (χ0n) is 23.8. The summed E-state index contributed by atoms with van der Waals surface area (Å²) < 4.78 is 11.2. The summed E-state index contributed by atoms with van der Waals surface area (Å²) in [5.41, 5.74) is -0.824. The Morgan fingerprint density at radius 3 is 2.33 bits per heavy atom. The molecule has 2 heterocycles. The van der Waals surface area contributed by atoms with E-state index in [9.17, 15) is 14.9 Å². The van der Waals surface area contributed by atoms with Crippen molar-refractivity contribution < 1.29 is 19.1 Å². The first-order valence-electron chi connectivity index (χ1n) is 15.2. The van der Waals surface area contributed by atoms with Gasteiger partial charge in [-0.1, -0.05) is 51.4 Å². The number of likely N-dealkylation sites (tertiary alicyclic amines) is 1. The Hall–Kier alpha value is -2.38. The number of aliphatic imine (C=N–C) groups is 1. The Kier molecular flexibility index (Phi) is 11.3. The van der Waals surface area contributed by atoms with Crippen molar-refractivity contribution in [3.8, 4) is 6.07 Å². The van der Waals surface area contributed by atoms with Crippen LogP contribution in [0, 0.1) is 23.2 Å². The highest BCUT2D eigenvalue weighted by Crippen LogP contribution is 2.30. The minimum atomic E-state index is -0.824. The number of nitrogens with zero attached hydrogens (tertiary/aromatic N) is 4. The van der Waals surface area contributed by atoms with Crippen LogP contribution in [-0.2, 0) is 14.3 Å². The van der Waals surface area contributed by atoms with Gasteiger partial charge >= 0.3 is 6.09 Å². The van der Waals surface area contributed by atoms with Crippen LogP contribution in [0.5, 0.6) is 0 Å². The van der Waals surface area contributed by atoms with Gasteiger partial charge in [-0.2, -0.15) is 5.26 Å². The van der Waals surface area contributed by atoms with E-state index < -0.39 is 17.7 Å². The predicted molar refractivity (Wildman–Crippen MR) is 149 cm³/mol. The zero-order valence-corrected chi connectivity index (χ0v) is 23.8. The van der Waals surface area contributed by atoms with Crippen molar-refractivity contribution in [3.05, 3.63) is 0 Å². The first-order valence-corrected chi connectivity index (χ1v) is 15.2. The molecule has 4 fully saturated rings. The molecule has 1 atom stereocenters. The molecule has 0 bridgehead atoms. The maximum Gasteiger partial charge on any atom is 0.413 e. The highest BCUT2D eigenvalue weighted by molar-refractivity contribution is 5.96. The lowest BCUT2D eigenvalue weighted by molar-refractivity contribution is -0.124. The van der Waals surface area contributed by atoms with E-state index in [2.05, 4.69) is 28.7 Å². The van der Waals surface area contributed by atoms with Crippen molar-refractivity contribution in [1.29, 1.82) is 5.26 Å². The second-order valence-corrected chi connectivity index (χ2v) is 12.0. The number of carbonyl (C=O) groups excluding carboxylic acids is 2. The first kappa shape index (κ1) is 29.6. The number of hydrogen-bond donors (Lipinski definition) is 2. The smallest absolute Gasteiger partial charge is 0.413 e. The van der Waals surface area contributed by atoms with Gasteiger partial charge in [-0.15, -0.1) is 0 Å². The number of nitrogens with one attached hydrogen (secondary N) is 2. The van der Waals surface area contributed by atoms with E-state index in [1.165, 1.54) is 19.3 Å². The summed E-state index contributed by atoms with van der Waals surface area (Å²) in [4.78, 5) is 35.9. The van der Waals surface area contributed by atoms with E-state index in [1.54, 1.807) is 0 Å². The summed E-state index contributed by atoms with van der Waals surface area (Å²) in [6.07, 6.45) is 12.2. The third-order valence-electron chi connectivity index (χ3n) is 8.96. The predicted octanol–water partition coefficient (Wildman–Crippen LogP) is 3.42. The molecule has 2 aliphatic heterocycles. The number of carbonyl (C=O) groups is 2. The molecule has 0 aromatic carbocycles. The Bertz CT molecular complexity index is 863. The van der Waals surface area contributed by atoms with Gasteiger partial charge in [0.05, 0.1) is 25.9 Å². The van der Waals surface area contributed by atoms with Gasteiger partial charge < -0.3 is 24.6 Å². The lowest BCUT2D eigenvalue weighted by Gasteiger charge is -2.34. The fourth-order valence-electron chi connectivity index (χ4n) is 6.36. The Labute approximate surface area is 233 Å². The van der Waals surface area contributed by atoms with E-state index in [1.807, 2.05) is 4.90 Å². The van der Waals surface area contributed by atoms with Crippen LogP contribution in [0.1, 0.15) is 83.5 Å². The standard InChI is InChI=1S/C29H48N6O4/c1-34-14-10-24(11-15-34)21-39-28(37)32-27(35-16-18-38-19-17-35)31-25(20-23-8-4-2-5-9-23)26(36)33-29(22-30)12-6-3-7-13-29/h23-25H,2-21H2,1H3,(H,33,36)(H,31,32,37). The molecule has 0 radical (unpaired) electrons. The van der Waals surface area contributed by atoms with Crippen LogP contribution in [-0.4, -0.2) is 92.4 Å². The molecular formula is C29H48N6O4. The number of alkyl carbamates (subject to hydrolysis) is 1. The molecule has 2 saturated carbocycles. The quantitative estimate of drug-likeness (QED) is 0.372. The van der Waals surface area contributed by atoms with Crippen molar-refractivity contribution in [2.45, 2.75) is 95.1 Å². The molecule has 1 unspecified atom stereocenters. The fourth-order valence-corrected chi connectivity index (χ4v) is 6.36. The van der Waals surface area contributed by atoms with Gasteiger partial charge in [0, 0.05) is 13.1 Å². The minimum Gasteiger partial charge on any atom is -0.449 e. The molecule has 10 nitrogen and oxygen atoms in total. The molecule has 39 heavy (non-hydrogen) atoms. The van der Waals surface area contributed by atoms with Crippen LogP contribution in [0.3, 0.4) is 0 Å². The second-order valence-electron chi connectivity index (χ2n) is 12.0. The maximum absolute atomic E-state index is 13.8. The van der Waals surface area contributed by atoms with Gasteiger partial charge in [0.1, 0.15) is 11.6 Å². The van der Waals surface area contributed by atoms with Gasteiger partial charge in [0.15, 0.2) is 0 Å². The minimum absolute atomic E-state index is 0.212. The summed E-state index contributed by atoms with van der Waals surface area (Å²) in [6, 6.07) is 1.73. The summed E-state index contributed by atoms with van der Waals surface area (Å²) in [5.74, 6) is 0.928. The molecule has 0 aromatic rings. The summed E-state index contributed by atoms with van der Waals surface area (Å²) in [7, 11) is 2.11. The summed E-state index contributed by atoms with van der Waals surface area (Å²) in [6.45, 7) is 4.62. The Morgan fingerprint density at radius 1 is 1.00 bits per heavy atom. The second kappa shape index (κ2) is 14.8. The third kappa shape index (κ3) is 9.07. The lowest BCUT2D eigenvalue weighted by Crippen LogP contribution is -2.53. The van der Waals surface area contributed by atoms with Gasteiger partial charge in [-0.05, 0) is 64.1 Å². The van der Waals surface area contributed by atoms with Gasteiger partial charge in [-0.25, -0.2) is 9.79 Å². The molecule has 2 aliphatic carbocycles. The van der Waals surface area contributed by atoms with Crippen molar-refractivity contribution in [1.82, 2.24) is 20.4 Å². The van der Waals surface area contributed by atoms with Crippen molar-refractivity contribution in [2.75, 3.05) is 53.0 Å². The van der Waals surface area contributed by atoms with E-state index >= 15 is 0 Å². The molecular weight excluding hydrogens is 496 g/mol.